The molecule has 0 aliphatic carbocycles. The van der Waals surface area contributed by atoms with E-state index in [1.54, 1.807) is 33.8 Å². The zero-order chi connectivity index (χ0) is 15.7. The van der Waals surface area contributed by atoms with E-state index in [-0.39, 0.29) is 35.3 Å². The number of rotatable bonds is 4. The molecule has 0 saturated carbocycles. The Bertz CT molecular complexity index is 642. The summed E-state index contributed by atoms with van der Waals surface area (Å²) in [6.07, 6.45) is 0. The molecule has 0 aliphatic heterocycles. The molecule has 1 rings (SSSR count). The number of halogens is 1. The third kappa shape index (κ3) is 4.96. The third-order valence-electron chi connectivity index (χ3n) is 3.15. The van der Waals surface area contributed by atoms with Gasteiger partial charge in [-0.2, -0.15) is 0 Å². The zero-order valence-corrected chi connectivity index (χ0v) is 14.2. The quantitative estimate of drug-likeness (QED) is 0.756. The first kappa shape index (κ1) is 19.9. The van der Waals surface area contributed by atoms with Crippen molar-refractivity contribution in [2.45, 2.75) is 38.1 Å². The molecule has 120 valence electrons. The van der Waals surface area contributed by atoms with Gasteiger partial charge in [0, 0.05) is 17.6 Å². The molecule has 5 N–H and O–H groups in total. The molecule has 0 bridgehead atoms. The van der Waals surface area contributed by atoms with Crippen molar-refractivity contribution >= 4 is 28.3 Å². The SMILES string of the molecule is Cc1cc(C(=O)NC(C)(C)CN)cc(S(N)(=O)=O)c1C.Cl. The van der Waals surface area contributed by atoms with Crippen LogP contribution in [0.4, 0.5) is 0 Å². The Kier molecular flexibility index (Phi) is 6.37. The molecule has 0 saturated heterocycles. The summed E-state index contributed by atoms with van der Waals surface area (Å²) in [5.74, 6) is -0.381. The highest BCUT2D eigenvalue weighted by atomic mass is 35.5. The number of primary sulfonamides is 1. The highest BCUT2D eigenvalue weighted by Gasteiger charge is 2.22. The Morgan fingerprint density at radius 1 is 1.29 bits per heavy atom. The van der Waals surface area contributed by atoms with Gasteiger partial charge in [-0.15, -0.1) is 12.4 Å². The van der Waals surface area contributed by atoms with Crippen LogP contribution in [-0.2, 0) is 10.0 Å². The summed E-state index contributed by atoms with van der Waals surface area (Å²) in [7, 11) is -3.87. The summed E-state index contributed by atoms with van der Waals surface area (Å²) in [5.41, 5.74) is 6.46. The Labute approximate surface area is 131 Å². The lowest BCUT2D eigenvalue weighted by atomic mass is 10.0. The first-order valence-corrected chi connectivity index (χ1v) is 7.69. The smallest absolute Gasteiger partial charge is 0.251 e. The minimum atomic E-state index is -3.87. The second kappa shape index (κ2) is 6.74. The molecule has 0 heterocycles. The van der Waals surface area contributed by atoms with Gasteiger partial charge in [0.05, 0.1) is 4.90 Å². The van der Waals surface area contributed by atoms with Gasteiger partial charge in [-0.05, 0) is 51.0 Å². The van der Waals surface area contributed by atoms with Crippen LogP contribution < -0.4 is 16.2 Å². The van der Waals surface area contributed by atoms with Gasteiger partial charge in [0.1, 0.15) is 0 Å². The fraction of sp³-hybridized carbons (Fsp3) is 0.462. The first-order chi connectivity index (χ1) is 8.98. The molecule has 0 unspecified atom stereocenters. The molecule has 0 atom stereocenters. The highest BCUT2D eigenvalue weighted by molar-refractivity contribution is 7.89. The number of hydrogen-bond acceptors (Lipinski definition) is 4. The summed E-state index contributed by atoms with van der Waals surface area (Å²) in [6.45, 7) is 7.22. The van der Waals surface area contributed by atoms with Crippen molar-refractivity contribution in [1.82, 2.24) is 5.32 Å². The van der Waals surface area contributed by atoms with E-state index < -0.39 is 15.6 Å². The van der Waals surface area contributed by atoms with Crippen molar-refractivity contribution in [3.63, 3.8) is 0 Å². The summed E-state index contributed by atoms with van der Waals surface area (Å²) < 4.78 is 23.1. The number of sulfonamides is 1. The molecule has 0 fully saturated rings. The number of nitrogens with two attached hydrogens (primary N) is 2. The first-order valence-electron chi connectivity index (χ1n) is 6.14. The Morgan fingerprint density at radius 2 is 1.81 bits per heavy atom. The standard InChI is InChI=1S/C13H21N3O3S.ClH/c1-8-5-10(12(17)16-13(3,4)7-14)6-11(9(8)2)20(15,18)19;/h5-6H,7,14H2,1-4H3,(H,16,17)(H2,15,18,19);1H. The number of benzene rings is 1. The number of hydrogen-bond donors (Lipinski definition) is 3. The minimum Gasteiger partial charge on any atom is -0.346 e. The fourth-order valence-corrected chi connectivity index (χ4v) is 2.56. The van der Waals surface area contributed by atoms with Gasteiger partial charge < -0.3 is 11.1 Å². The normalized spacial score (nSPS) is 11.7. The van der Waals surface area contributed by atoms with E-state index in [0.717, 1.165) is 0 Å². The molecule has 0 spiro atoms. The van der Waals surface area contributed by atoms with Crippen LogP contribution in [-0.4, -0.2) is 26.4 Å². The Morgan fingerprint density at radius 3 is 2.24 bits per heavy atom. The van der Waals surface area contributed by atoms with Crippen molar-refractivity contribution in [1.29, 1.82) is 0 Å². The van der Waals surface area contributed by atoms with Crippen molar-refractivity contribution < 1.29 is 13.2 Å². The van der Waals surface area contributed by atoms with E-state index >= 15 is 0 Å². The van der Waals surface area contributed by atoms with Gasteiger partial charge in [-0.3, -0.25) is 4.79 Å². The van der Waals surface area contributed by atoms with Crippen molar-refractivity contribution in [2.24, 2.45) is 10.9 Å². The molecule has 0 radical (unpaired) electrons. The van der Waals surface area contributed by atoms with Crippen molar-refractivity contribution in [3.05, 3.63) is 28.8 Å². The van der Waals surface area contributed by atoms with E-state index in [9.17, 15) is 13.2 Å². The maximum Gasteiger partial charge on any atom is 0.251 e. The van der Waals surface area contributed by atoms with Crippen LogP contribution >= 0.6 is 12.4 Å². The summed E-state index contributed by atoms with van der Waals surface area (Å²) in [5, 5.41) is 7.92. The van der Waals surface area contributed by atoms with Crippen LogP contribution in [0.25, 0.3) is 0 Å². The molecular weight excluding hydrogens is 314 g/mol. The molecule has 21 heavy (non-hydrogen) atoms. The van der Waals surface area contributed by atoms with Crippen LogP contribution in [0.1, 0.15) is 35.3 Å². The fourth-order valence-electron chi connectivity index (χ4n) is 1.68. The lowest BCUT2D eigenvalue weighted by Gasteiger charge is -2.24. The van der Waals surface area contributed by atoms with E-state index in [1.165, 1.54) is 6.07 Å². The summed E-state index contributed by atoms with van der Waals surface area (Å²) >= 11 is 0. The van der Waals surface area contributed by atoms with E-state index in [1.807, 2.05) is 0 Å². The highest BCUT2D eigenvalue weighted by Crippen LogP contribution is 2.20. The van der Waals surface area contributed by atoms with Crippen LogP contribution in [0, 0.1) is 13.8 Å². The number of nitrogens with one attached hydrogen (secondary N) is 1. The molecule has 6 nitrogen and oxygen atoms in total. The average Bonchev–Trinajstić information content (AvgIpc) is 2.30. The van der Waals surface area contributed by atoms with Gasteiger partial charge in [-0.1, -0.05) is 0 Å². The topological polar surface area (TPSA) is 115 Å². The zero-order valence-electron chi connectivity index (χ0n) is 12.6. The second-order valence-corrected chi connectivity index (χ2v) is 7.03. The number of amides is 1. The van der Waals surface area contributed by atoms with Crippen molar-refractivity contribution in [3.8, 4) is 0 Å². The van der Waals surface area contributed by atoms with Gasteiger partial charge in [-0.25, -0.2) is 13.6 Å². The maximum atomic E-state index is 12.2. The van der Waals surface area contributed by atoms with E-state index in [2.05, 4.69) is 5.32 Å². The predicted octanol–water partition coefficient (Wildman–Crippen LogP) is 0.840. The molecule has 0 aromatic heterocycles. The lowest BCUT2D eigenvalue weighted by molar-refractivity contribution is 0.0915. The van der Waals surface area contributed by atoms with Gasteiger partial charge in [0.2, 0.25) is 10.0 Å². The number of aryl methyl sites for hydroxylation is 1. The Hall–Kier alpha value is -1.15. The molecule has 8 heteroatoms. The molecule has 1 aromatic rings. The third-order valence-corrected chi connectivity index (χ3v) is 4.19. The predicted molar refractivity (Wildman–Crippen MR) is 85.1 cm³/mol. The molecule has 1 aromatic carbocycles. The summed E-state index contributed by atoms with van der Waals surface area (Å²) in [4.78, 5) is 12.1. The second-order valence-electron chi connectivity index (χ2n) is 5.50. The molecule has 0 aliphatic rings. The van der Waals surface area contributed by atoms with Crippen LogP contribution in [0.2, 0.25) is 0 Å². The summed E-state index contributed by atoms with van der Waals surface area (Å²) in [6, 6.07) is 2.92. The van der Waals surface area contributed by atoms with Crippen LogP contribution in [0.3, 0.4) is 0 Å². The van der Waals surface area contributed by atoms with Crippen molar-refractivity contribution in [2.75, 3.05) is 6.54 Å². The van der Waals surface area contributed by atoms with Gasteiger partial charge in [0.15, 0.2) is 0 Å². The molecular formula is C13H22ClN3O3S. The molecule has 1 amide bonds. The van der Waals surface area contributed by atoms with Crippen LogP contribution in [0.15, 0.2) is 17.0 Å². The van der Waals surface area contributed by atoms with Crippen LogP contribution in [0.5, 0.6) is 0 Å². The monoisotopic (exact) mass is 335 g/mol. The largest absolute Gasteiger partial charge is 0.346 e. The van der Waals surface area contributed by atoms with E-state index in [4.69, 9.17) is 10.9 Å². The van der Waals surface area contributed by atoms with E-state index in [0.29, 0.717) is 11.1 Å². The average molecular weight is 336 g/mol. The lowest BCUT2D eigenvalue weighted by Crippen LogP contribution is -2.48. The minimum absolute atomic E-state index is 0. The maximum absolute atomic E-state index is 12.2. The Balaban J connectivity index is 0.00000400. The number of carbonyl (C=O) groups is 1. The number of carbonyl (C=O) groups excluding carboxylic acids is 1. The van der Waals surface area contributed by atoms with Gasteiger partial charge in [0.25, 0.3) is 5.91 Å². The van der Waals surface area contributed by atoms with Gasteiger partial charge >= 0.3 is 0 Å².